The number of ether oxygens (including phenoxy) is 1. The average molecular weight is 398 g/mol. The van der Waals surface area contributed by atoms with Gasteiger partial charge in [0.1, 0.15) is 11.4 Å². The summed E-state index contributed by atoms with van der Waals surface area (Å²) < 4.78 is 7.10. The Bertz CT molecular complexity index is 953. The highest BCUT2D eigenvalue weighted by atomic mass is 32.2. The van der Waals surface area contributed by atoms with Gasteiger partial charge in [0.25, 0.3) is 0 Å². The Morgan fingerprint density at radius 3 is 2.79 bits per heavy atom. The molecule has 9 heteroatoms. The fourth-order valence-electron chi connectivity index (χ4n) is 3.10. The first-order valence-electron chi connectivity index (χ1n) is 9.19. The smallest absolute Gasteiger partial charge is 0.225 e. The molecule has 1 amide bonds. The van der Waals surface area contributed by atoms with Gasteiger partial charge in [0.2, 0.25) is 5.91 Å². The summed E-state index contributed by atoms with van der Waals surface area (Å²) in [5.41, 5.74) is 2.76. The van der Waals surface area contributed by atoms with E-state index in [4.69, 9.17) is 4.74 Å². The van der Waals surface area contributed by atoms with Gasteiger partial charge in [0, 0.05) is 43.7 Å². The maximum absolute atomic E-state index is 12.3. The lowest BCUT2D eigenvalue weighted by molar-refractivity contribution is -0.115. The molecule has 3 heterocycles. The number of nitrogens with one attached hydrogen (secondary N) is 1. The van der Waals surface area contributed by atoms with Gasteiger partial charge >= 0.3 is 0 Å². The van der Waals surface area contributed by atoms with Crippen LogP contribution >= 0.6 is 11.8 Å². The Morgan fingerprint density at radius 2 is 2.00 bits per heavy atom. The van der Waals surface area contributed by atoms with Crippen molar-refractivity contribution in [3.05, 3.63) is 36.8 Å². The molecule has 0 bridgehead atoms. The third kappa shape index (κ3) is 4.26. The van der Waals surface area contributed by atoms with Crippen molar-refractivity contribution in [3.63, 3.8) is 0 Å². The number of hydrogen-bond acceptors (Lipinski definition) is 7. The molecule has 0 spiro atoms. The van der Waals surface area contributed by atoms with Gasteiger partial charge in [0.05, 0.1) is 24.8 Å². The van der Waals surface area contributed by atoms with E-state index in [0.717, 1.165) is 53.7 Å². The first-order valence-corrected chi connectivity index (χ1v) is 10.2. The Hall–Kier alpha value is -2.65. The molecule has 4 rings (SSSR count). The van der Waals surface area contributed by atoms with Crippen LogP contribution in [0.1, 0.15) is 6.42 Å². The van der Waals surface area contributed by atoms with Gasteiger partial charge in [0.15, 0.2) is 5.65 Å². The Kier molecular flexibility index (Phi) is 5.73. The maximum Gasteiger partial charge on any atom is 0.225 e. The summed E-state index contributed by atoms with van der Waals surface area (Å²) in [6, 6.07) is 7.96. The number of anilines is 2. The zero-order valence-electron chi connectivity index (χ0n) is 15.7. The number of carbonyl (C=O) groups is 1. The summed E-state index contributed by atoms with van der Waals surface area (Å²) in [6.45, 7) is 3.31. The quantitative estimate of drug-likeness (QED) is 0.504. The van der Waals surface area contributed by atoms with Gasteiger partial charge in [-0.3, -0.25) is 9.48 Å². The summed E-state index contributed by atoms with van der Waals surface area (Å²) in [5, 5.41) is 8.92. The van der Waals surface area contributed by atoms with Crippen molar-refractivity contribution < 1.29 is 9.53 Å². The number of benzene rings is 1. The number of aryl methyl sites for hydroxylation is 1. The monoisotopic (exact) mass is 398 g/mol. The molecular weight excluding hydrogens is 376 g/mol. The van der Waals surface area contributed by atoms with Crippen LogP contribution in [0.5, 0.6) is 0 Å². The van der Waals surface area contributed by atoms with E-state index < -0.39 is 0 Å². The van der Waals surface area contributed by atoms with Crippen LogP contribution in [0.3, 0.4) is 0 Å². The van der Waals surface area contributed by atoms with Crippen molar-refractivity contribution in [1.82, 2.24) is 19.7 Å². The van der Waals surface area contributed by atoms with Crippen LogP contribution in [0.2, 0.25) is 0 Å². The van der Waals surface area contributed by atoms with Gasteiger partial charge in [-0.1, -0.05) is 0 Å². The minimum atomic E-state index is -0.0110. The zero-order valence-corrected chi connectivity index (χ0v) is 16.5. The molecule has 1 aliphatic heterocycles. The summed E-state index contributed by atoms with van der Waals surface area (Å²) >= 11 is 1.54. The average Bonchev–Trinajstić information content (AvgIpc) is 3.11. The Balaban J connectivity index is 1.28. The van der Waals surface area contributed by atoms with Gasteiger partial charge < -0.3 is 15.0 Å². The lowest BCUT2D eigenvalue weighted by Crippen LogP contribution is -2.36. The summed E-state index contributed by atoms with van der Waals surface area (Å²) in [7, 11) is 1.85. The molecule has 0 unspecified atom stereocenters. The normalized spacial score (nSPS) is 14.4. The molecule has 146 valence electrons. The number of thioether (sulfide) groups is 1. The summed E-state index contributed by atoms with van der Waals surface area (Å²) in [6.07, 6.45) is 3.69. The van der Waals surface area contributed by atoms with Crippen molar-refractivity contribution in [2.24, 2.45) is 7.05 Å². The second-order valence-corrected chi connectivity index (χ2v) is 7.56. The van der Waals surface area contributed by atoms with Crippen LogP contribution in [-0.4, -0.2) is 57.7 Å². The van der Waals surface area contributed by atoms with Gasteiger partial charge in [-0.2, -0.15) is 5.10 Å². The molecule has 1 saturated heterocycles. The molecule has 3 aromatic rings. The molecule has 1 aliphatic rings. The summed E-state index contributed by atoms with van der Waals surface area (Å²) in [4.78, 5) is 23.1. The molecule has 0 saturated carbocycles. The lowest BCUT2D eigenvalue weighted by atomic mass is 10.2. The third-order valence-corrected chi connectivity index (χ3v) is 5.60. The number of fused-ring (bicyclic) bond motifs is 1. The van der Waals surface area contributed by atoms with Gasteiger partial charge in [-0.05, 0) is 24.3 Å². The number of carbonyl (C=O) groups excluding carboxylic acids is 1. The molecule has 2 aromatic heterocycles. The van der Waals surface area contributed by atoms with Crippen LogP contribution < -0.4 is 10.2 Å². The Labute approximate surface area is 167 Å². The van der Waals surface area contributed by atoms with Crippen LogP contribution in [-0.2, 0) is 16.6 Å². The predicted molar refractivity (Wildman–Crippen MR) is 110 cm³/mol. The zero-order chi connectivity index (χ0) is 19.3. The molecule has 1 N–H and O–H groups in total. The Morgan fingerprint density at radius 1 is 1.21 bits per heavy atom. The highest BCUT2D eigenvalue weighted by Crippen LogP contribution is 2.24. The van der Waals surface area contributed by atoms with Crippen LogP contribution in [0, 0.1) is 0 Å². The maximum atomic E-state index is 12.3. The first-order chi connectivity index (χ1) is 13.7. The van der Waals surface area contributed by atoms with E-state index in [0.29, 0.717) is 12.2 Å². The number of aromatic nitrogens is 4. The predicted octanol–water partition coefficient (Wildman–Crippen LogP) is 2.32. The molecule has 1 fully saturated rings. The van der Waals surface area contributed by atoms with E-state index in [9.17, 15) is 4.79 Å². The van der Waals surface area contributed by atoms with Crippen molar-refractivity contribution in [1.29, 1.82) is 0 Å². The minimum absolute atomic E-state index is 0.0110. The van der Waals surface area contributed by atoms with E-state index in [1.54, 1.807) is 10.9 Å². The largest absolute Gasteiger partial charge is 0.378 e. The standard InChI is InChI=1S/C19H22N6O2S/c1-24-18-16(12-22-24)19(21-13-20-18)28-11-6-17(26)23-14-2-4-15(5-3-14)25-7-9-27-10-8-25/h2-5,12-13H,6-11H2,1H3,(H,23,26). The van der Waals surface area contributed by atoms with E-state index in [-0.39, 0.29) is 5.91 Å². The van der Waals surface area contributed by atoms with E-state index >= 15 is 0 Å². The van der Waals surface area contributed by atoms with E-state index in [2.05, 4.69) is 25.3 Å². The lowest BCUT2D eigenvalue weighted by Gasteiger charge is -2.28. The molecule has 1 aromatic carbocycles. The van der Waals surface area contributed by atoms with Crippen LogP contribution in [0.25, 0.3) is 11.0 Å². The van der Waals surface area contributed by atoms with Crippen molar-refractivity contribution in [3.8, 4) is 0 Å². The number of nitrogens with zero attached hydrogens (tertiary/aromatic N) is 5. The molecule has 0 radical (unpaired) electrons. The van der Waals surface area contributed by atoms with E-state index in [1.165, 1.54) is 18.1 Å². The fraction of sp³-hybridized carbons (Fsp3) is 0.368. The van der Waals surface area contributed by atoms with Crippen molar-refractivity contribution in [2.75, 3.05) is 42.3 Å². The van der Waals surface area contributed by atoms with Crippen molar-refractivity contribution >= 4 is 40.1 Å². The molecule has 0 aliphatic carbocycles. The van der Waals surface area contributed by atoms with Crippen molar-refractivity contribution in [2.45, 2.75) is 11.4 Å². The van der Waals surface area contributed by atoms with E-state index in [1.807, 2.05) is 31.3 Å². The number of morpholine rings is 1. The SMILES string of the molecule is Cn1ncc2c(SCCC(=O)Nc3ccc(N4CCOCC4)cc3)ncnc21. The van der Waals surface area contributed by atoms with Gasteiger partial charge in [-0.25, -0.2) is 9.97 Å². The van der Waals surface area contributed by atoms with Crippen LogP contribution in [0.15, 0.2) is 41.8 Å². The fourth-order valence-corrected chi connectivity index (χ4v) is 4.00. The third-order valence-electron chi connectivity index (χ3n) is 4.59. The number of hydrogen-bond donors (Lipinski definition) is 1. The summed E-state index contributed by atoms with van der Waals surface area (Å²) in [5.74, 6) is 0.627. The molecule has 0 atom stereocenters. The second kappa shape index (κ2) is 8.57. The molecule has 8 nitrogen and oxygen atoms in total. The number of amides is 1. The highest BCUT2D eigenvalue weighted by Gasteiger charge is 2.12. The highest BCUT2D eigenvalue weighted by molar-refractivity contribution is 7.99. The number of rotatable bonds is 6. The first kappa shape index (κ1) is 18.7. The van der Waals surface area contributed by atoms with Crippen LogP contribution in [0.4, 0.5) is 11.4 Å². The minimum Gasteiger partial charge on any atom is -0.378 e. The topological polar surface area (TPSA) is 85.2 Å². The second-order valence-electron chi connectivity index (χ2n) is 6.48. The molecule has 28 heavy (non-hydrogen) atoms. The van der Waals surface area contributed by atoms with Gasteiger partial charge in [-0.15, -0.1) is 11.8 Å². The molecular formula is C19H22N6O2S.